The normalized spacial score (nSPS) is 10.4. The standard InChI is InChI=1S/C21H21ClN4O2/c1-28-19-10-9-17(12-18(19)22)26-21-24-13-16(14-25-21)20(27)23-11-5-8-15-6-3-2-4-7-15/h2-4,6-7,9-10,12-14H,5,8,11H2,1H3,(H,23,27)(H,24,25,26). The third-order valence-corrected chi connectivity index (χ3v) is 4.39. The van der Waals surface area contributed by atoms with Crippen LogP contribution in [0.3, 0.4) is 0 Å². The van der Waals surface area contributed by atoms with Crippen LogP contribution in [-0.4, -0.2) is 29.5 Å². The number of methoxy groups -OCH3 is 1. The molecule has 1 heterocycles. The molecule has 7 heteroatoms. The van der Waals surface area contributed by atoms with Gasteiger partial charge in [-0.1, -0.05) is 41.9 Å². The van der Waals surface area contributed by atoms with E-state index in [1.807, 2.05) is 18.2 Å². The van der Waals surface area contributed by atoms with E-state index < -0.39 is 0 Å². The van der Waals surface area contributed by atoms with Gasteiger partial charge < -0.3 is 15.4 Å². The Kier molecular flexibility index (Phi) is 6.81. The zero-order valence-electron chi connectivity index (χ0n) is 15.5. The minimum atomic E-state index is -0.188. The lowest BCUT2D eigenvalue weighted by Gasteiger charge is -2.08. The fourth-order valence-electron chi connectivity index (χ4n) is 2.62. The van der Waals surface area contributed by atoms with Gasteiger partial charge in [-0.05, 0) is 36.6 Å². The third-order valence-electron chi connectivity index (χ3n) is 4.09. The molecule has 6 nitrogen and oxygen atoms in total. The van der Waals surface area contributed by atoms with Crippen LogP contribution in [0.4, 0.5) is 11.6 Å². The van der Waals surface area contributed by atoms with Crippen LogP contribution >= 0.6 is 11.6 Å². The van der Waals surface area contributed by atoms with Gasteiger partial charge in [0.25, 0.3) is 5.91 Å². The molecule has 0 unspecified atom stereocenters. The van der Waals surface area contributed by atoms with Crippen molar-refractivity contribution in [3.05, 3.63) is 77.1 Å². The fraction of sp³-hybridized carbons (Fsp3) is 0.190. The summed E-state index contributed by atoms with van der Waals surface area (Å²) >= 11 is 6.10. The van der Waals surface area contributed by atoms with Crippen molar-refractivity contribution in [3.63, 3.8) is 0 Å². The lowest BCUT2D eigenvalue weighted by Crippen LogP contribution is -2.25. The van der Waals surface area contributed by atoms with Gasteiger partial charge in [-0.25, -0.2) is 9.97 Å². The summed E-state index contributed by atoms with van der Waals surface area (Å²) in [6, 6.07) is 15.5. The lowest BCUT2D eigenvalue weighted by molar-refractivity contribution is 0.0952. The van der Waals surface area contributed by atoms with Crippen LogP contribution < -0.4 is 15.4 Å². The minimum absolute atomic E-state index is 0.188. The second kappa shape index (κ2) is 9.71. The minimum Gasteiger partial charge on any atom is -0.495 e. The van der Waals surface area contributed by atoms with E-state index in [-0.39, 0.29) is 5.91 Å². The zero-order chi connectivity index (χ0) is 19.8. The van der Waals surface area contributed by atoms with Gasteiger partial charge in [-0.15, -0.1) is 0 Å². The van der Waals surface area contributed by atoms with Gasteiger partial charge in [0.2, 0.25) is 5.95 Å². The Hall–Kier alpha value is -3.12. The summed E-state index contributed by atoms with van der Waals surface area (Å²) in [5.74, 6) is 0.779. The van der Waals surface area contributed by atoms with Crippen molar-refractivity contribution in [3.8, 4) is 5.75 Å². The number of aromatic nitrogens is 2. The monoisotopic (exact) mass is 396 g/mol. The number of aryl methyl sites for hydroxylation is 1. The lowest BCUT2D eigenvalue weighted by atomic mass is 10.1. The SMILES string of the molecule is COc1ccc(Nc2ncc(C(=O)NCCCc3ccccc3)cn2)cc1Cl. The largest absolute Gasteiger partial charge is 0.495 e. The van der Waals surface area contributed by atoms with Crippen molar-refractivity contribution < 1.29 is 9.53 Å². The van der Waals surface area contributed by atoms with Gasteiger partial charge in [0.15, 0.2) is 0 Å². The molecule has 1 aromatic heterocycles. The van der Waals surface area contributed by atoms with E-state index >= 15 is 0 Å². The van der Waals surface area contributed by atoms with Crippen molar-refractivity contribution >= 4 is 29.1 Å². The molecule has 1 amide bonds. The van der Waals surface area contributed by atoms with Crippen molar-refractivity contribution in [2.75, 3.05) is 19.0 Å². The molecule has 0 fully saturated rings. The number of amides is 1. The quantitative estimate of drug-likeness (QED) is 0.557. The number of halogens is 1. The van der Waals surface area contributed by atoms with Crippen molar-refractivity contribution in [2.45, 2.75) is 12.8 Å². The average molecular weight is 397 g/mol. The average Bonchev–Trinajstić information content (AvgIpc) is 2.72. The number of benzene rings is 2. The highest BCUT2D eigenvalue weighted by atomic mass is 35.5. The Balaban J connectivity index is 1.49. The number of hydrogen-bond donors (Lipinski definition) is 2. The molecule has 144 valence electrons. The van der Waals surface area contributed by atoms with Crippen LogP contribution in [0, 0.1) is 0 Å². The maximum absolute atomic E-state index is 12.2. The fourth-order valence-corrected chi connectivity index (χ4v) is 2.88. The molecule has 0 spiro atoms. The first kappa shape index (κ1) is 19.6. The van der Waals surface area contributed by atoms with Crippen molar-refractivity contribution in [1.29, 1.82) is 0 Å². The van der Waals surface area contributed by atoms with E-state index in [0.717, 1.165) is 18.5 Å². The molecule has 0 bridgehead atoms. The summed E-state index contributed by atoms with van der Waals surface area (Å²) < 4.78 is 5.12. The van der Waals surface area contributed by atoms with Crippen LogP contribution in [0.5, 0.6) is 5.75 Å². The summed E-state index contributed by atoms with van der Waals surface area (Å²) in [6.45, 7) is 0.595. The Morgan fingerprint density at radius 2 is 1.86 bits per heavy atom. The summed E-state index contributed by atoms with van der Waals surface area (Å²) in [5.41, 5.74) is 2.40. The number of carbonyl (C=O) groups is 1. The molecular formula is C21H21ClN4O2. The first-order valence-corrected chi connectivity index (χ1v) is 9.28. The smallest absolute Gasteiger partial charge is 0.254 e. The summed E-state index contributed by atoms with van der Waals surface area (Å²) in [6.07, 6.45) is 4.78. The number of hydrogen-bond acceptors (Lipinski definition) is 5. The number of nitrogens with zero attached hydrogens (tertiary/aromatic N) is 2. The number of nitrogens with one attached hydrogen (secondary N) is 2. The van der Waals surface area contributed by atoms with Crippen molar-refractivity contribution in [2.24, 2.45) is 0 Å². The maximum Gasteiger partial charge on any atom is 0.254 e. The molecule has 0 atom stereocenters. The van der Waals surface area contributed by atoms with E-state index in [2.05, 4.69) is 32.7 Å². The van der Waals surface area contributed by atoms with Crippen LogP contribution in [0.2, 0.25) is 5.02 Å². The molecule has 2 N–H and O–H groups in total. The van der Waals surface area contributed by atoms with E-state index in [4.69, 9.17) is 16.3 Å². The predicted octanol–water partition coefficient (Wildman–Crippen LogP) is 4.24. The Bertz CT molecular complexity index is 917. The second-order valence-corrected chi connectivity index (χ2v) is 6.52. The number of ether oxygens (including phenoxy) is 1. The van der Waals surface area contributed by atoms with Crippen molar-refractivity contribution in [1.82, 2.24) is 15.3 Å². The van der Waals surface area contributed by atoms with E-state index in [0.29, 0.717) is 28.8 Å². The highest BCUT2D eigenvalue weighted by Crippen LogP contribution is 2.28. The molecule has 0 aliphatic rings. The summed E-state index contributed by atoms with van der Waals surface area (Å²) in [4.78, 5) is 20.6. The highest BCUT2D eigenvalue weighted by molar-refractivity contribution is 6.32. The van der Waals surface area contributed by atoms with E-state index in [1.165, 1.54) is 18.0 Å². The molecule has 0 saturated heterocycles. The first-order chi connectivity index (χ1) is 13.7. The number of carbonyl (C=O) groups excluding carboxylic acids is 1. The van der Waals surface area contributed by atoms with Crippen LogP contribution in [0.15, 0.2) is 60.9 Å². The number of rotatable bonds is 8. The molecule has 28 heavy (non-hydrogen) atoms. The Morgan fingerprint density at radius 3 is 2.54 bits per heavy atom. The molecule has 2 aromatic carbocycles. The predicted molar refractivity (Wildman–Crippen MR) is 110 cm³/mol. The van der Waals surface area contributed by atoms with E-state index in [1.54, 1.807) is 25.3 Å². The van der Waals surface area contributed by atoms with E-state index in [9.17, 15) is 4.79 Å². The zero-order valence-corrected chi connectivity index (χ0v) is 16.2. The molecule has 0 aliphatic heterocycles. The molecule has 0 saturated carbocycles. The van der Waals surface area contributed by atoms with Gasteiger partial charge in [0, 0.05) is 24.6 Å². The van der Waals surface area contributed by atoms with Gasteiger partial charge in [0.05, 0.1) is 17.7 Å². The van der Waals surface area contributed by atoms with Gasteiger partial charge in [-0.3, -0.25) is 4.79 Å². The Labute approximate surface area is 168 Å². The molecule has 0 aliphatic carbocycles. The maximum atomic E-state index is 12.2. The summed E-state index contributed by atoms with van der Waals surface area (Å²) in [5, 5.41) is 6.41. The molecule has 3 rings (SSSR count). The van der Waals surface area contributed by atoms with Crippen LogP contribution in [-0.2, 0) is 6.42 Å². The van der Waals surface area contributed by atoms with Gasteiger partial charge in [-0.2, -0.15) is 0 Å². The van der Waals surface area contributed by atoms with Crippen LogP contribution in [0.1, 0.15) is 22.3 Å². The third kappa shape index (κ3) is 5.44. The first-order valence-electron chi connectivity index (χ1n) is 8.90. The molecule has 3 aromatic rings. The van der Waals surface area contributed by atoms with Gasteiger partial charge in [0.1, 0.15) is 5.75 Å². The molecular weight excluding hydrogens is 376 g/mol. The highest BCUT2D eigenvalue weighted by Gasteiger charge is 2.08. The van der Waals surface area contributed by atoms with Crippen LogP contribution in [0.25, 0.3) is 0 Å². The number of anilines is 2. The second-order valence-electron chi connectivity index (χ2n) is 6.11. The Morgan fingerprint density at radius 1 is 1.11 bits per heavy atom. The molecule has 0 radical (unpaired) electrons. The topological polar surface area (TPSA) is 76.1 Å². The summed E-state index contributed by atoms with van der Waals surface area (Å²) in [7, 11) is 1.56. The van der Waals surface area contributed by atoms with Gasteiger partial charge >= 0.3 is 0 Å².